The average molecular weight is 253 g/mol. The summed E-state index contributed by atoms with van der Waals surface area (Å²) >= 11 is 0. The molecule has 0 amide bonds. The molecule has 100 valence electrons. The van der Waals surface area contributed by atoms with Crippen molar-refractivity contribution in [2.45, 2.75) is 26.3 Å². The molecule has 0 fully saturated rings. The Bertz CT molecular complexity index is 349. The molecule has 0 bridgehead atoms. The van der Waals surface area contributed by atoms with Crippen LogP contribution in [0.2, 0.25) is 0 Å². The maximum atomic E-state index is 11.3. The van der Waals surface area contributed by atoms with Gasteiger partial charge in [-0.3, -0.25) is 14.5 Å². The van der Waals surface area contributed by atoms with Crippen LogP contribution in [0, 0.1) is 0 Å². The molecule has 0 unspecified atom stereocenters. The Morgan fingerprint density at radius 1 is 1.22 bits per heavy atom. The third kappa shape index (κ3) is 4.44. The lowest BCUT2D eigenvalue weighted by atomic mass is 10.1. The second-order valence-electron chi connectivity index (χ2n) is 3.66. The minimum Gasteiger partial charge on any atom is -0.480 e. The zero-order chi connectivity index (χ0) is 13.4. The zero-order valence-corrected chi connectivity index (χ0v) is 10.7. The summed E-state index contributed by atoms with van der Waals surface area (Å²) in [6.45, 7) is 4.29. The number of benzene rings is 1. The molecule has 1 aromatic rings. The third-order valence-electron chi connectivity index (χ3n) is 2.32. The molecular weight excluding hydrogens is 234 g/mol. The lowest BCUT2D eigenvalue weighted by molar-refractivity contribution is -0.380. The quantitative estimate of drug-likeness (QED) is 0.717. The topological polar surface area (TPSA) is 59.0 Å². The number of hydrogen-bond donors (Lipinski definition) is 1. The van der Waals surface area contributed by atoms with Crippen LogP contribution in [0.3, 0.4) is 0 Å². The molecule has 0 saturated heterocycles. The highest BCUT2D eigenvalue weighted by Gasteiger charge is 2.27. The highest BCUT2D eigenvalue weighted by Crippen LogP contribution is 2.11. The van der Waals surface area contributed by atoms with E-state index in [2.05, 4.69) is 0 Å². The number of aliphatic carboxylic acids is 1. The number of carbonyl (C=O) groups is 1. The fraction of sp³-hybridized carbons (Fsp3) is 0.462. The molecule has 1 N–H and O–H groups in total. The Morgan fingerprint density at radius 3 is 2.22 bits per heavy atom. The second kappa shape index (κ2) is 7.81. The van der Waals surface area contributed by atoms with Gasteiger partial charge in [-0.25, -0.2) is 0 Å². The first kappa shape index (κ1) is 14.6. The molecule has 1 atom stereocenters. The molecule has 5 nitrogen and oxygen atoms in total. The van der Waals surface area contributed by atoms with Crippen molar-refractivity contribution in [1.29, 1.82) is 0 Å². The van der Waals surface area contributed by atoms with E-state index < -0.39 is 12.0 Å². The summed E-state index contributed by atoms with van der Waals surface area (Å²) in [6, 6.07) is 8.55. The number of hydroxylamine groups is 2. The van der Waals surface area contributed by atoms with E-state index in [4.69, 9.17) is 9.68 Å². The van der Waals surface area contributed by atoms with Gasteiger partial charge in [0.2, 0.25) is 0 Å². The Kier molecular flexibility index (Phi) is 6.35. The van der Waals surface area contributed by atoms with Crippen LogP contribution in [-0.2, 0) is 20.9 Å². The van der Waals surface area contributed by atoms with Gasteiger partial charge in [-0.05, 0) is 19.4 Å². The summed E-state index contributed by atoms with van der Waals surface area (Å²) in [4.78, 5) is 21.7. The van der Waals surface area contributed by atoms with Gasteiger partial charge in [0.25, 0.3) is 0 Å². The molecule has 0 heterocycles. The van der Waals surface area contributed by atoms with E-state index in [1.54, 1.807) is 13.8 Å². The molecule has 0 aliphatic heterocycles. The molecule has 18 heavy (non-hydrogen) atoms. The highest BCUT2D eigenvalue weighted by molar-refractivity contribution is 5.73. The molecule has 0 aliphatic carbocycles. The van der Waals surface area contributed by atoms with Crippen LogP contribution in [0.1, 0.15) is 19.4 Å². The maximum absolute atomic E-state index is 11.3. The molecule has 0 saturated carbocycles. The second-order valence-corrected chi connectivity index (χ2v) is 3.66. The van der Waals surface area contributed by atoms with Gasteiger partial charge in [-0.2, -0.15) is 0 Å². The minimum absolute atomic E-state index is 0.330. The van der Waals surface area contributed by atoms with Crippen molar-refractivity contribution in [2.24, 2.45) is 0 Å². The number of carboxylic acids is 1. The summed E-state index contributed by atoms with van der Waals surface area (Å²) in [6.07, 6.45) is 0.330. The Balaban J connectivity index is 2.77. The van der Waals surface area contributed by atoms with Gasteiger partial charge in [-0.15, -0.1) is 0 Å². The van der Waals surface area contributed by atoms with Crippen molar-refractivity contribution in [3.8, 4) is 0 Å². The number of hydrogen-bond acceptors (Lipinski definition) is 4. The molecule has 5 heteroatoms. The summed E-state index contributed by atoms with van der Waals surface area (Å²) in [7, 11) is 0. The van der Waals surface area contributed by atoms with Crippen molar-refractivity contribution >= 4 is 5.97 Å². The number of rotatable bonds is 8. The number of nitrogens with zero attached hydrogens (tertiary/aromatic N) is 1. The fourth-order valence-corrected chi connectivity index (χ4v) is 1.56. The molecule has 1 rings (SSSR count). The van der Waals surface area contributed by atoms with Gasteiger partial charge in [0.1, 0.15) is 0 Å². The highest BCUT2D eigenvalue weighted by atomic mass is 16.9. The monoisotopic (exact) mass is 253 g/mol. The minimum atomic E-state index is -0.972. The average Bonchev–Trinajstić information content (AvgIpc) is 2.37. The van der Waals surface area contributed by atoms with Gasteiger partial charge < -0.3 is 5.11 Å². The maximum Gasteiger partial charge on any atom is 0.326 e. The van der Waals surface area contributed by atoms with E-state index in [-0.39, 0.29) is 0 Å². The lowest BCUT2D eigenvalue weighted by Gasteiger charge is -2.25. The van der Waals surface area contributed by atoms with E-state index in [1.165, 1.54) is 0 Å². The summed E-state index contributed by atoms with van der Waals surface area (Å²) < 4.78 is 0. The molecule has 0 aliphatic rings. The predicted octanol–water partition coefficient (Wildman–Crippen LogP) is 1.89. The Labute approximate surface area is 107 Å². The van der Waals surface area contributed by atoms with Crippen LogP contribution in [0.4, 0.5) is 0 Å². The summed E-state index contributed by atoms with van der Waals surface area (Å²) in [5.41, 5.74) is 0.925. The van der Waals surface area contributed by atoms with Crippen molar-refractivity contribution in [1.82, 2.24) is 5.23 Å². The normalized spacial score (nSPS) is 12.6. The lowest BCUT2D eigenvalue weighted by Crippen LogP contribution is -2.42. The van der Waals surface area contributed by atoms with Crippen LogP contribution in [-0.4, -0.2) is 35.6 Å². The largest absolute Gasteiger partial charge is 0.480 e. The van der Waals surface area contributed by atoms with Crippen LogP contribution in [0.15, 0.2) is 30.3 Å². The standard InChI is InChI=1S/C13H19NO4/c1-3-17-14(18-4-2)12(13(15)16)10-11-8-6-5-7-9-11/h5-9,12H,3-4,10H2,1-2H3,(H,15,16)/t12-/m0/s1. The van der Waals surface area contributed by atoms with Crippen LogP contribution in [0.25, 0.3) is 0 Å². The van der Waals surface area contributed by atoms with Crippen molar-refractivity contribution in [3.63, 3.8) is 0 Å². The molecule has 1 aromatic carbocycles. The van der Waals surface area contributed by atoms with Crippen LogP contribution in [0.5, 0.6) is 0 Å². The van der Waals surface area contributed by atoms with Gasteiger partial charge in [0.15, 0.2) is 6.04 Å². The SMILES string of the molecule is CCON(OCC)[C@@H](Cc1ccccc1)C(=O)O. The van der Waals surface area contributed by atoms with Crippen molar-refractivity contribution < 1.29 is 19.6 Å². The van der Waals surface area contributed by atoms with Gasteiger partial charge >= 0.3 is 5.97 Å². The van der Waals surface area contributed by atoms with E-state index >= 15 is 0 Å². The van der Waals surface area contributed by atoms with Gasteiger partial charge in [0, 0.05) is 6.42 Å². The van der Waals surface area contributed by atoms with E-state index in [9.17, 15) is 9.90 Å². The zero-order valence-electron chi connectivity index (χ0n) is 10.7. The molecule has 0 spiro atoms. The first-order valence-corrected chi connectivity index (χ1v) is 6.00. The Morgan fingerprint density at radius 2 is 1.78 bits per heavy atom. The molecule has 0 radical (unpaired) electrons. The first-order chi connectivity index (χ1) is 8.69. The Hall–Kier alpha value is -1.43. The van der Waals surface area contributed by atoms with Crippen LogP contribution < -0.4 is 0 Å². The van der Waals surface area contributed by atoms with E-state index in [0.717, 1.165) is 10.8 Å². The summed E-state index contributed by atoms with van der Waals surface area (Å²) in [5.74, 6) is -0.972. The fourth-order valence-electron chi connectivity index (χ4n) is 1.56. The summed E-state index contributed by atoms with van der Waals surface area (Å²) in [5, 5.41) is 10.3. The van der Waals surface area contributed by atoms with E-state index in [1.807, 2.05) is 30.3 Å². The smallest absolute Gasteiger partial charge is 0.326 e. The third-order valence-corrected chi connectivity index (χ3v) is 2.32. The molecule has 0 aromatic heterocycles. The molecular formula is C13H19NO4. The van der Waals surface area contributed by atoms with Crippen molar-refractivity contribution in [2.75, 3.05) is 13.2 Å². The predicted molar refractivity (Wildman–Crippen MR) is 66.7 cm³/mol. The van der Waals surface area contributed by atoms with E-state index in [0.29, 0.717) is 19.6 Å². The van der Waals surface area contributed by atoms with Crippen LogP contribution >= 0.6 is 0 Å². The van der Waals surface area contributed by atoms with Gasteiger partial charge in [0.05, 0.1) is 13.2 Å². The first-order valence-electron chi connectivity index (χ1n) is 6.00. The van der Waals surface area contributed by atoms with Crippen molar-refractivity contribution in [3.05, 3.63) is 35.9 Å². The van der Waals surface area contributed by atoms with Gasteiger partial charge in [-0.1, -0.05) is 35.6 Å². The number of carboxylic acid groups (broad SMARTS) is 1.